The van der Waals surface area contributed by atoms with Gasteiger partial charge in [0.05, 0.1) is 5.69 Å². The molecule has 1 aromatic heterocycles. The highest BCUT2D eigenvalue weighted by atomic mass is 35.5. The highest BCUT2D eigenvalue weighted by Gasteiger charge is 2.12. The van der Waals surface area contributed by atoms with E-state index < -0.39 is 5.97 Å². The molecule has 6 heteroatoms. The number of carbonyl (C=O) groups is 1. The average Bonchev–Trinajstić information content (AvgIpc) is 2.45. The fourth-order valence-corrected chi connectivity index (χ4v) is 2.02. The molecule has 0 aliphatic rings. The van der Waals surface area contributed by atoms with E-state index in [0.717, 1.165) is 5.56 Å². The minimum Gasteiger partial charge on any atom is -0.478 e. The Kier molecular flexibility index (Phi) is 4.65. The molecule has 0 amide bonds. The molecule has 1 aromatic carbocycles. The van der Waals surface area contributed by atoms with E-state index in [1.165, 1.54) is 12.5 Å². The number of carboxylic acids is 1. The van der Waals surface area contributed by atoms with Crippen molar-refractivity contribution in [2.45, 2.75) is 19.5 Å². The molecule has 1 heterocycles. The summed E-state index contributed by atoms with van der Waals surface area (Å²) in [4.78, 5) is 18.8. The van der Waals surface area contributed by atoms with Gasteiger partial charge in [0, 0.05) is 23.8 Å². The largest absolute Gasteiger partial charge is 0.478 e. The Labute approximate surface area is 121 Å². The van der Waals surface area contributed by atoms with Crippen molar-refractivity contribution in [2.24, 2.45) is 0 Å². The normalized spacial score (nSPS) is 12.1. The van der Waals surface area contributed by atoms with Crippen LogP contribution in [0.25, 0.3) is 0 Å². The van der Waals surface area contributed by atoms with Crippen LogP contribution in [-0.4, -0.2) is 21.0 Å². The third kappa shape index (κ3) is 3.53. The van der Waals surface area contributed by atoms with Gasteiger partial charge >= 0.3 is 5.97 Å². The van der Waals surface area contributed by atoms with E-state index in [-0.39, 0.29) is 11.6 Å². The van der Waals surface area contributed by atoms with Crippen molar-refractivity contribution in [2.75, 3.05) is 0 Å². The molecule has 104 valence electrons. The van der Waals surface area contributed by atoms with E-state index in [1.807, 2.05) is 31.2 Å². The molecule has 0 unspecified atom stereocenters. The predicted octanol–water partition coefficient (Wildman–Crippen LogP) is 2.68. The summed E-state index contributed by atoms with van der Waals surface area (Å²) in [6.45, 7) is 2.32. The van der Waals surface area contributed by atoms with Crippen LogP contribution in [-0.2, 0) is 6.54 Å². The van der Waals surface area contributed by atoms with Gasteiger partial charge in [0.2, 0.25) is 0 Å². The SMILES string of the molecule is C[C@@H](NCc1ncncc1C(=O)O)c1cccc(Cl)c1. The van der Waals surface area contributed by atoms with Crippen LogP contribution in [0, 0.1) is 0 Å². The summed E-state index contributed by atoms with van der Waals surface area (Å²) < 4.78 is 0. The summed E-state index contributed by atoms with van der Waals surface area (Å²) in [7, 11) is 0. The topological polar surface area (TPSA) is 75.1 Å². The monoisotopic (exact) mass is 291 g/mol. The first-order valence-corrected chi connectivity index (χ1v) is 6.46. The number of hydrogen-bond donors (Lipinski definition) is 2. The predicted molar refractivity (Wildman–Crippen MR) is 75.7 cm³/mol. The third-order valence-electron chi connectivity index (χ3n) is 2.95. The van der Waals surface area contributed by atoms with Crippen LogP contribution in [0.2, 0.25) is 5.02 Å². The summed E-state index contributed by atoms with van der Waals surface area (Å²) in [5, 5.41) is 13.0. The number of halogens is 1. The van der Waals surface area contributed by atoms with E-state index >= 15 is 0 Å². The van der Waals surface area contributed by atoms with Gasteiger partial charge < -0.3 is 10.4 Å². The minimum atomic E-state index is -1.03. The van der Waals surface area contributed by atoms with E-state index in [4.69, 9.17) is 16.7 Å². The molecule has 20 heavy (non-hydrogen) atoms. The fraction of sp³-hybridized carbons (Fsp3) is 0.214. The van der Waals surface area contributed by atoms with Gasteiger partial charge in [-0.3, -0.25) is 0 Å². The molecular formula is C14H14ClN3O2. The second kappa shape index (κ2) is 6.45. The molecule has 0 aliphatic carbocycles. The van der Waals surface area contributed by atoms with Crippen LogP contribution in [0.4, 0.5) is 0 Å². The number of nitrogens with zero attached hydrogens (tertiary/aromatic N) is 2. The highest BCUT2D eigenvalue weighted by molar-refractivity contribution is 6.30. The van der Waals surface area contributed by atoms with E-state index in [1.54, 1.807) is 0 Å². The van der Waals surface area contributed by atoms with Crippen LogP contribution < -0.4 is 5.32 Å². The van der Waals surface area contributed by atoms with Gasteiger partial charge in [-0.25, -0.2) is 14.8 Å². The Morgan fingerprint density at radius 1 is 1.50 bits per heavy atom. The Bertz CT molecular complexity index is 619. The molecule has 2 rings (SSSR count). The molecule has 0 bridgehead atoms. The van der Waals surface area contributed by atoms with Crippen LogP contribution in [0.3, 0.4) is 0 Å². The molecule has 0 spiro atoms. The number of nitrogens with one attached hydrogen (secondary N) is 1. The molecule has 0 fully saturated rings. The number of carboxylic acid groups (broad SMARTS) is 1. The van der Waals surface area contributed by atoms with Crippen LogP contribution in [0.1, 0.15) is 34.6 Å². The maximum absolute atomic E-state index is 11.1. The Hall–Kier alpha value is -1.98. The quantitative estimate of drug-likeness (QED) is 0.886. The Balaban J connectivity index is 2.07. The lowest BCUT2D eigenvalue weighted by atomic mass is 10.1. The van der Waals surface area contributed by atoms with Crippen molar-refractivity contribution < 1.29 is 9.90 Å². The van der Waals surface area contributed by atoms with Crippen molar-refractivity contribution in [3.05, 3.63) is 58.6 Å². The van der Waals surface area contributed by atoms with Crippen LogP contribution >= 0.6 is 11.6 Å². The molecule has 1 atom stereocenters. The van der Waals surface area contributed by atoms with Crippen molar-refractivity contribution in [3.63, 3.8) is 0 Å². The molecule has 2 aromatic rings. The zero-order valence-corrected chi connectivity index (χ0v) is 11.6. The number of aromatic nitrogens is 2. The first-order chi connectivity index (χ1) is 9.58. The third-order valence-corrected chi connectivity index (χ3v) is 3.18. The lowest BCUT2D eigenvalue weighted by Crippen LogP contribution is -2.20. The molecule has 0 saturated carbocycles. The standard InChI is InChI=1S/C14H14ClN3O2/c1-9(10-3-2-4-11(15)5-10)17-7-13-12(14(19)20)6-16-8-18-13/h2-6,8-9,17H,7H2,1H3,(H,19,20)/t9-/m1/s1. The molecule has 0 saturated heterocycles. The second-order valence-corrected chi connectivity index (χ2v) is 4.78. The van der Waals surface area contributed by atoms with Crippen LogP contribution in [0.15, 0.2) is 36.8 Å². The Morgan fingerprint density at radius 2 is 2.30 bits per heavy atom. The second-order valence-electron chi connectivity index (χ2n) is 4.35. The molecule has 0 aliphatic heterocycles. The summed E-state index contributed by atoms with van der Waals surface area (Å²) in [6.07, 6.45) is 2.64. The van der Waals surface area contributed by atoms with E-state index in [2.05, 4.69) is 15.3 Å². The Morgan fingerprint density at radius 3 is 3.00 bits per heavy atom. The zero-order valence-electron chi connectivity index (χ0n) is 10.9. The maximum Gasteiger partial charge on any atom is 0.339 e. The van der Waals surface area contributed by atoms with Crippen molar-refractivity contribution in [3.8, 4) is 0 Å². The smallest absolute Gasteiger partial charge is 0.339 e. The van der Waals surface area contributed by atoms with Crippen LogP contribution in [0.5, 0.6) is 0 Å². The summed E-state index contributed by atoms with van der Waals surface area (Å²) in [5.74, 6) is -1.03. The first-order valence-electron chi connectivity index (χ1n) is 6.09. The summed E-state index contributed by atoms with van der Waals surface area (Å²) >= 11 is 5.95. The zero-order chi connectivity index (χ0) is 14.5. The van der Waals surface area contributed by atoms with Gasteiger partial charge in [-0.2, -0.15) is 0 Å². The lowest BCUT2D eigenvalue weighted by molar-refractivity contribution is 0.0694. The summed E-state index contributed by atoms with van der Waals surface area (Å²) in [6, 6.07) is 7.55. The first kappa shape index (κ1) is 14.4. The van der Waals surface area contributed by atoms with E-state index in [9.17, 15) is 4.79 Å². The van der Waals surface area contributed by atoms with Gasteiger partial charge in [-0.15, -0.1) is 0 Å². The van der Waals surface area contributed by atoms with Gasteiger partial charge in [-0.1, -0.05) is 23.7 Å². The minimum absolute atomic E-state index is 0.0327. The summed E-state index contributed by atoms with van der Waals surface area (Å²) in [5.41, 5.74) is 1.60. The average molecular weight is 292 g/mol. The van der Waals surface area contributed by atoms with E-state index in [0.29, 0.717) is 17.3 Å². The number of aromatic carboxylic acids is 1. The van der Waals surface area contributed by atoms with Gasteiger partial charge in [0.25, 0.3) is 0 Å². The van der Waals surface area contributed by atoms with Crippen molar-refractivity contribution in [1.82, 2.24) is 15.3 Å². The molecule has 0 radical (unpaired) electrons. The maximum atomic E-state index is 11.1. The fourth-order valence-electron chi connectivity index (χ4n) is 1.82. The molecule has 2 N–H and O–H groups in total. The number of rotatable bonds is 5. The van der Waals surface area contributed by atoms with Gasteiger partial charge in [0.1, 0.15) is 11.9 Å². The number of benzene rings is 1. The van der Waals surface area contributed by atoms with Crippen molar-refractivity contribution in [1.29, 1.82) is 0 Å². The number of hydrogen-bond acceptors (Lipinski definition) is 4. The molecule has 5 nitrogen and oxygen atoms in total. The van der Waals surface area contributed by atoms with Gasteiger partial charge in [0.15, 0.2) is 0 Å². The molecular weight excluding hydrogens is 278 g/mol. The highest BCUT2D eigenvalue weighted by Crippen LogP contribution is 2.17. The van der Waals surface area contributed by atoms with Crippen molar-refractivity contribution >= 4 is 17.6 Å². The lowest BCUT2D eigenvalue weighted by Gasteiger charge is -2.14. The van der Waals surface area contributed by atoms with Gasteiger partial charge in [-0.05, 0) is 24.6 Å².